The van der Waals surface area contributed by atoms with Gasteiger partial charge in [0.05, 0.1) is 7.11 Å². The van der Waals surface area contributed by atoms with Gasteiger partial charge < -0.3 is 20.3 Å². The third kappa shape index (κ3) is 7.79. The average Bonchev–Trinajstić information content (AvgIpc) is 2.65. The van der Waals surface area contributed by atoms with E-state index in [1.54, 1.807) is 7.11 Å². The molecule has 2 N–H and O–H groups in total. The van der Waals surface area contributed by atoms with Gasteiger partial charge in [-0.3, -0.25) is 9.89 Å². The third-order valence-electron chi connectivity index (χ3n) is 4.48. The first kappa shape index (κ1) is 22.0. The molecular formula is C18H32IN5O. The number of hydrogen-bond acceptors (Lipinski definition) is 4. The molecule has 0 saturated carbocycles. The van der Waals surface area contributed by atoms with Crippen LogP contribution >= 0.6 is 24.0 Å². The summed E-state index contributed by atoms with van der Waals surface area (Å²) in [5.74, 6) is 1.72. The summed E-state index contributed by atoms with van der Waals surface area (Å²) in [6, 6.07) is 8.07. The van der Waals surface area contributed by atoms with Gasteiger partial charge in [-0.15, -0.1) is 24.0 Å². The lowest BCUT2D eigenvalue weighted by Gasteiger charge is -2.34. The number of piperazine rings is 1. The Labute approximate surface area is 169 Å². The van der Waals surface area contributed by atoms with E-state index in [1.807, 2.05) is 19.2 Å². The molecule has 0 aliphatic carbocycles. The zero-order valence-corrected chi connectivity index (χ0v) is 18.0. The maximum Gasteiger partial charge on any atom is 0.191 e. The zero-order valence-electron chi connectivity index (χ0n) is 15.6. The van der Waals surface area contributed by atoms with Gasteiger partial charge >= 0.3 is 0 Å². The Hall–Kier alpha value is -1.06. The fourth-order valence-electron chi connectivity index (χ4n) is 2.81. The number of guanidine groups is 1. The van der Waals surface area contributed by atoms with Crippen LogP contribution in [0.25, 0.3) is 0 Å². The number of aliphatic imine (C=N–C) groups is 1. The molecule has 0 amide bonds. The fraction of sp³-hybridized carbons (Fsp3) is 0.611. The molecule has 2 rings (SSSR count). The van der Waals surface area contributed by atoms with Gasteiger partial charge in [-0.1, -0.05) is 19.1 Å². The minimum atomic E-state index is 0. The molecule has 0 atom stereocenters. The lowest BCUT2D eigenvalue weighted by molar-refractivity contribution is 0.139. The Bertz CT molecular complexity index is 501. The van der Waals surface area contributed by atoms with Gasteiger partial charge in [-0.05, 0) is 24.2 Å². The van der Waals surface area contributed by atoms with Crippen molar-refractivity contribution in [3.05, 3.63) is 29.8 Å². The zero-order chi connectivity index (χ0) is 17.2. The molecule has 0 aromatic heterocycles. The van der Waals surface area contributed by atoms with E-state index in [4.69, 9.17) is 4.74 Å². The molecule has 0 unspecified atom stereocenters. The van der Waals surface area contributed by atoms with E-state index in [0.29, 0.717) is 0 Å². The van der Waals surface area contributed by atoms with Crippen LogP contribution in [0.4, 0.5) is 0 Å². The van der Waals surface area contributed by atoms with Crippen LogP contribution in [0, 0.1) is 0 Å². The predicted molar refractivity (Wildman–Crippen MR) is 115 cm³/mol. The van der Waals surface area contributed by atoms with E-state index < -0.39 is 0 Å². The molecule has 6 nitrogen and oxygen atoms in total. The molecule has 1 aliphatic heterocycles. The van der Waals surface area contributed by atoms with E-state index in [-0.39, 0.29) is 24.0 Å². The number of methoxy groups -OCH3 is 1. The van der Waals surface area contributed by atoms with Crippen LogP contribution in [-0.2, 0) is 6.54 Å². The Morgan fingerprint density at radius 2 is 1.72 bits per heavy atom. The lowest BCUT2D eigenvalue weighted by Crippen LogP contribution is -2.49. The first-order chi connectivity index (χ1) is 11.7. The maximum absolute atomic E-state index is 5.18. The van der Waals surface area contributed by atoms with Crippen molar-refractivity contribution < 1.29 is 4.74 Å². The molecule has 1 fully saturated rings. The summed E-state index contributed by atoms with van der Waals surface area (Å²) < 4.78 is 5.18. The van der Waals surface area contributed by atoms with Gasteiger partial charge in [-0.25, -0.2) is 0 Å². The van der Waals surface area contributed by atoms with Crippen LogP contribution < -0.4 is 15.4 Å². The highest BCUT2D eigenvalue weighted by molar-refractivity contribution is 14.0. The average molecular weight is 461 g/mol. The second-order valence-corrected chi connectivity index (χ2v) is 5.98. The van der Waals surface area contributed by atoms with E-state index >= 15 is 0 Å². The number of nitrogens with zero attached hydrogens (tertiary/aromatic N) is 3. The van der Waals surface area contributed by atoms with Crippen molar-refractivity contribution in [1.29, 1.82) is 0 Å². The van der Waals surface area contributed by atoms with Gasteiger partial charge in [0.1, 0.15) is 5.75 Å². The molecule has 0 spiro atoms. The Balaban J connectivity index is 0.00000312. The van der Waals surface area contributed by atoms with Crippen LogP contribution in [-0.4, -0.2) is 75.7 Å². The van der Waals surface area contributed by atoms with Crippen molar-refractivity contribution in [3.63, 3.8) is 0 Å². The summed E-state index contributed by atoms with van der Waals surface area (Å²) in [4.78, 5) is 9.30. The molecular weight excluding hydrogens is 429 g/mol. The van der Waals surface area contributed by atoms with Crippen LogP contribution in [0.5, 0.6) is 5.75 Å². The Morgan fingerprint density at radius 3 is 2.28 bits per heavy atom. The highest BCUT2D eigenvalue weighted by atomic mass is 127. The first-order valence-electron chi connectivity index (χ1n) is 8.77. The molecule has 142 valence electrons. The fourth-order valence-corrected chi connectivity index (χ4v) is 2.81. The number of hydrogen-bond donors (Lipinski definition) is 2. The summed E-state index contributed by atoms with van der Waals surface area (Å²) in [7, 11) is 3.49. The molecule has 7 heteroatoms. The van der Waals surface area contributed by atoms with Crippen LogP contribution in [0.3, 0.4) is 0 Å². The normalized spacial score (nSPS) is 16.2. The highest BCUT2D eigenvalue weighted by Crippen LogP contribution is 2.10. The second-order valence-electron chi connectivity index (χ2n) is 5.98. The number of nitrogens with one attached hydrogen (secondary N) is 2. The van der Waals surface area contributed by atoms with Crippen molar-refractivity contribution in [3.8, 4) is 5.75 Å². The highest BCUT2D eigenvalue weighted by Gasteiger charge is 2.14. The second kappa shape index (κ2) is 12.3. The van der Waals surface area contributed by atoms with Crippen molar-refractivity contribution in [2.75, 3.05) is 60.0 Å². The van der Waals surface area contributed by atoms with Crippen molar-refractivity contribution >= 4 is 29.9 Å². The Kier molecular flexibility index (Phi) is 10.8. The van der Waals surface area contributed by atoms with E-state index in [9.17, 15) is 0 Å². The molecule has 0 bridgehead atoms. The predicted octanol–water partition coefficient (Wildman–Crippen LogP) is 1.62. The maximum atomic E-state index is 5.18. The largest absolute Gasteiger partial charge is 0.497 e. The summed E-state index contributed by atoms with van der Waals surface area (Å²) in [5.41, 5.74) is 1.20. The van der Waals surface area contributed by atoms with Crippen LogP contribution in [0.2, 0.25) is 0 Å². The van der Waals surface area contributed by atoms with Crippen LogP contribution in [0.1, 0.15) is 12.5 Å². The number of rotatable bonds is 7. The summed E-state index contributed by atoms with van der Waals surface area (Å²) in [6.07, 6.45) is 0. The quantitative estimate of drug-likeness (QED) is 0.367. The third-order valence-corrected chi connectivity index (χ3v) is 4.48. The van der Waals surface area contributed by atoms with E-state index in [0.717, 1.165) is 51.0 Å². The van der Waals surface area contributed by atoms with Crippen molar-refractivity contribution in [2.24, 2.45) is 4.99 Å². The smallest absolute Gasteiger partial charge is 0.191 e. The summed E-state index contributed by atoms with van der Waals surface area (Å²) in [5, 5.41) is 6.74. The standard InChI is InChI=1S/C18H31N5O.HI/c1-4-22-11-13-23(14-12-22)10-9-20-18(19-2)21-15-16-5-7-17(24-3)8-6-16;/h5-8H,4,9-15H2,1-3H3,(H2,19,20,21);1H. The van der Waals surface area contributed by atoms with Gasteiger partial charge in [0.2, 0.25) is 0 Å². The van der Waals surface area contributed by atoms with E-state index in [2.05, 4.69) is 44.5 Å². The first-order valence-corrected chi connectivity index (χ1v) is 8.77. The number of likely N-dealkylation sites (N-methyl/N-ethyl adjacent to an activating group) is 1. The minimum absolute atomic E-state index is 0. The lowest BCUT2D eigenvalue weighted by atomic mass is 10.2. The van der Waals surface area contributed by atoms with Gasteiger partial charge in [0, 0.05) is 52.9 Å². The molecule has 1 aromatic rings. The summed E-state index contributed by atoms with van der Waals surface area (Å²) >= 11 is 0. The van der Waals surface area contributed by atoms with Crippen molar-refractivity contribution in [1.82, 2.24) is 20.4 Å². The van der Waals surface area contributed by atoms with Gasteiger partial charge in [0.15, 0.2) is 5.96 Å². The molecule has 0 radical (unpaired) electrons. The van der Waals surface area contributed by atoms with Crippen molar-refractivity contribution in [2.45, 2.75) is 13.5 Å². The summed E-state index contributed by atoms with van der Waals surface area (Å²) in [6.45, 7) is 10.8. The molecule has 1 saturated heterocycles. The van der Waals surface area contributed by atoms with Gasteiger partial charge in [0.25, 0.3) is 0 Å². The number of halogens is 1. The SMILES string of the molecule is CCN1CCN(CCNC(=NC)NCc2ccc(OC)cc2)CC1.I. The van der Waals surface area contributed by atoms with E-state index in [1.165, 1.54) is 18.7 Å². The minimum Gasteiger partial charge on any atom is -0.497 e. The Morgan fingerprint density at radius 1 is 1.08 bits per heavy atom. The van der Waals surface area contributed by atoms with Gasteiger partial charge in [-0.2, -0.15) is 0 Å². The number of benzene rings is 1. The molecule has 1 aromatic carbocycles. The monoisotopic (exact) mass is 461 g/mol. The topological polar surface area (TPSA) is 52.1 Å². The van der Waals surface area contributed by atoms with Crippen LogP contribution in [0.15, 0.2) is 29.3 Å². The molecule has 25 heavy (non-hydrogen) atoms. The molecule has 1 heterocycles. The number of ether oxygens (including phenoxy) is 1. The molecule has 1 aliphatic rings.